The number of nitrogen functional groups attached to an aromatic ring is 1. The summed E-state index contributed by atoms with van der Waals surface area (Å²) in [5.41, 5.74) is 9.40. The van der Waals surface area contributed by atoms with Gasteiger partial charge in [-0.2, -0.15) is 5.10 Å². The largest absolute Gasteiger partial charge is 0.383 e. The molecule has 1 atom stereocenters. The number of amides is 1. The van der Waals surface area contributed by atoms with Gasteiger partial charge in [-0.25, -0.2) is 15.0 Å². The third-order valence-corrected chi connectivity index (χ3v) is 6.40. The average Bonchev–Trinajstić information content (AvgIpc) is 3.57. The summed E-state index contributed by atoms with van der Waals surface area (Å²) in [6.45, 7) is 6.90. The molecule has 1 amide bonds. The van der Waals surface area contributed by atoms with Crippen LogP contribution in [0.4, 0.5) is 5.82 Å². The van der Waals surface area contributed by atoms with Crippen molar-refractivity contribution in [1.29, 1.82) is 0 Å². The summed E-state index contributed by atoms with van der Waals surface area (Å²) in [4.78, 5) is 25.6. The summed E-state index contributed by atoms with van der Waals surface area (Å²) in [5.74, 6) is 7.32. The molecule has 1 aliphatic rings. The minimum atomic E-state index is 0.0227. The fourth-order valence-electron chi connectivity index (χ4n) is 4.14. The molecule has 186 valence electrons. The van der Waals surface area contributed by atoms with Gasteiger partial charge < -0.3 is 19.9 Å². The number of imidazole rings is 1. The van der Waals surface area contributed by atoms with Crippen molar-refractivity contribution < 1.29 is 9.53 Å². The molecule has 1 aromatic carbocycles. The second-order valence-corrected chi connectivity index (χ2v) is 8.74. The third-order valence-electron chi connectivity index (χ3n) is 6.09. The number of carbonyl (C=O) groups is 1. The third kappa shape index (κ3) is 5.03. The first kappa shape index (κ1) is 25.2. The van der Waals surface area contributed by atoms with Gasteiger partial charge in [0.05, 0.1) is 34.1 Å². The van der Waals surface area contributed by atoms with Crippen LogP contribution in [0.1, 0.15) is 29.9 Å². The van der Waals surface area contributed by atoms with E-state index in [0.29, 0.717) is 39.7 Å². The number of hydrogen-bond acceptors (Lipinski definition) is 7. The molecule has 0 bridgehead atoms. The van der Waals surface area contributed by atoms with Crippen molar-refractivity contribution in [2.45, 2.75) is 25.8 Å². The molecule has 1 fully saturated rings. The van der Waals surface area contributed by atoms with E-state index in [1.807, 2.05) is 35.6 Å². The molecule has 1 saturated heterocycles. The van der Waals surface area contributed by atoms with E-state index in [1.165, 1.54) is 12.4 Å². The molecule has 0 radical (unpaired) electrons. The second kappa shape index (κ2) is 10.8. The molecule has 5 rings (SSSR count). The lowest BCUT2D eigenvalue weighted by Gasteiger charge is -2.22. The number of rotatable bonds is 3. The van der Waals surface area contributed by atoms with Crippen molar-refractivity contribution in [2.24, 2.45) is 7.05 Å². The molecular weight excluding hydrogens is 480 g/mol. The number of anilines is 1. The van der Waals surface area contributed by atoms with E-state index < -0.39 is 0 Å². The van der Waals surface area contributed by atoms with Crippen LogP contribution in [0.15, 0.2) is 31.1 Å². The summed E-state index contributed by atoms with van der Waals surface area (Å²) in [7, 11) is 3.61. The highest BCUT2D eigenvalue weighted by Gasteiger charge is 2.26. The van der Waals surface area contributed by atoms with Crippen molar-refractivity contribution in [1.82, 2.24) is 34.6 Å². The van der Waals surface area contributed by atoms with E-state index in [-0.39, 0.29) is 11.9 Å². The predicted molar refractivity (Wildman–Crippen MR) is 139 cm³/mol. The Bertz CT molecular complexity index is 1500. The van der Waals surface area contributed by atoms with Gasteiger partial charge in [0.25, 0.3) is 0 Å². The van der Waals surface area contributed by atoms with Gasteiger partial charge in [0.1, 0.15) is 23.7 Å². The van der Waals surface area contributed by atoms with Gasteiger partial charge in [-0.15, -0.1) is 0 Å². The number of fused-ring (bicyclic) bond motifs is 2. The SMILES string of the molecule is C=CC(=O)N1CCCC1COC.Cc1nc2cc(C#Cc3[nH]nc4ncnc(N)c34)c(Cl)cc2n1C. The Morgan fingerprint density at radius 3 is 2.94 bits per heavy atom. The molecule has 4 aromatic rings. The number of carbonyl (C=O) groups excluding carboxylic acids is 1. The Morgan fingerprint density at radius 2 is 2.19 bits per heavy atom. The van der Waals surface area contributed by atoms with Crippen LogP contribution in [-0.4, -0.2) is 66.8 Å². The maximum absolute atomic E-state index is 11.3. The number of aromatic nitrogens is 6. The van der Waals surface area contributed by atoms with E-state index in [9.17, 15) is 4.79 Å². The number of nitrogens with one attached hydrogen (secondary N) is 1. The Balaban J connectivity index is 0.000000214. The smallest absolute Gasteiger partial charge is 0.246 e. The van der Waals surface area contributed by atoms with E-state index >= 15 is 0 Å². The number of aromatic amines is 1. The van der Waals surface area contributed by atoms with E-state index in [2.05, 4.69) is 43.6 Å². The number of nitrogens with zero attached hydrogens (tertiary/aromatic N) is 6. The zero-order valence-electron chi connectivity index (χ0n) is 20.4. The Kier molecular flexibility index (Phi) is 7.52. The lowest BCUT2D eigenvalue weighted by Crippen LogP contribution is -2.36. The number of H-pyrrole nitrogens is 1. The fourth-order valence-corrected chi connectivity index (χ4v) is 4.34. The van der Waals surface area contributed by atoms with E-state index in [1.54, 1.807) is 7.11 Å². The number of halogens is 1. The number of methoxy groups -OCH3 is 1. The van der Waals surface area contributed by atoms with Gasteiger partial charge in [-0.05, 0) is 43.9 Å². The zero-order chi connectivity index (χ0) is 25.8. The van der Waals surface area contributed by atoms with E-state index in [4.69, 9.17) is 22.1 Å². The highest BCUT2D eigenvalue weighted by molar-refractivity contribution is 6.32. The van der Waals surface area contributed by atoms with Crippen LogP contribution in [0.3, 0.4) is 0 Å². The monoisotopic (exact) mass is 506 g/mol. The molecule has 1 unspecified atom stereocenters. The zero-order valence-corrected chi connectivity index (χ0v) is 21.1. The number of nitrogens with two attached hydrogens (primary N) is 1. The van der Waals surface area contributed by atoms with Crippen LogP contribution in [-0.2, 0) is 16.6 Å². The van der Waals surface area contributed by atoms with Crippen LogP contribution < -0.4 is 5.73 Å². The highest BCUT2D eigenvalue weighted by atomic mass is 35.5. The van der Waals surface area contributed by atoms with Gasteiger partial charge in [0.15, 0.2) is 5.65 Å². The molecule has 11 heteroatoms. The average molecular weight is 507 g/mol. The van der Waals surface area contributed by atoms with Gasteiger partial charge in [0, 0.05) is 26.3 Å². The van der Waals surface area contributed by atoms with Gasteiger partial charge in [-0.1, -0.05) is 24.1 Å². The van der Waals surface area contributed by atoms with Crippen molar-refractivity contribution >= 4 is 45.4 Å². The summed E-state index contributed by atoms with van der Waals surface area (Å²) < 4.78 is 7.01. The summed E-state index contributed by atoms with van der Waals surface area (Å²) in [6, 6.07) is 4.00. The maximum atomic E-state index is 11.3. The standard InChI is InChI=1S/C16H12ClN7.C9H15NO2/c1-8-21-12-5-9(10(17)6-13(12)24(8)2)3-4-11-14-15(18)19-7-20-16(14)23-22-11;1-3-9(11)10-6-4-5-8(10)7-12-2/h5-7H,1-2H3,(H3,18,19,20,22,23);3,8H,1,4-7H2,2H3. The predicted octanol–water partition coefficient (Wildman–Crippen LogP) is 2.99. The second-order valence-electron chi connectivity index (χ2n) is 8.33. The normalized spacial score (nSPS) is 14.9. The first-order valence-corrected chi connectivity index (χ1v) is 11.7. The summed E-state index contributed by atoms with van der Waals surface area (Å²) in [6.07, 6.45) is 4.86. The molecule has 0 saturated carbocycles. The Morgan fingerprint density at radius 1 is 1.39 bits per heavy atom. The van der Waals surface area contributed by atoms with Crippen molar-refractivity contribution in [2.75, 3.05) is 26.0 Å². The minimum absolute atomic E-state index is 0.0227. The molecule has 0 aliphatic carbocycles. The Labute approximate surface area is 213 Å². The molecule has 4 heterocycles. The quantitative estimate of drug-likeness (QED) is 0.323. The number of benzene rings is 1. The summed E-state index contributed by atoms with van der Waals surface area (Å²) >= 11 is 6.36. The number of likely N-dealkylation sites (tertiary alicyclic amines) is 1. The van der Waals surface area contributed by atoms with Crippen molar-refractivity contribution in [3.05, 3.63) is 53.2 Å². The van der Waals surface area contributed by atoms with Gasteiger partial charge in [-0.3, -0.25) is 9.89 Å². The van der Waals surface area contributed by atoms with Crippen LogP contribution in [0.25, 0.3) is 22.1 Å². The lowest BCUT2D eigenvalue weighted by molar-refractivity contribution is -0.127. The first-order chi connectivity index (χ1) is 17.3. The molecule has 0 spiro atoms. The Hall–Kier alpha value is -3.94. The number of hydrogen-bond donors (Lipinski definition) is 2. The van der Waals surface area contributed by atoms with Crippen molar-refractivity contribution in [3.8, 4) is 11.8 Å². The van der Waals surface area contributed by atoms with E-state index in [0.717, 1.165) is 36.2 Å². The van der Waals surface area contributed by atoms with Gasteiger partial charge >= 0.3 is 0 Å². The number of aryl methyl sites for hydroxylation is 2. The molecule has 3 aromatic heterocycles. The summed E-state index contributed by atoms with van der Waals surface area (Å²) in [5, 5.41) is 8.07. The lowest BCUT2D eigenvalue weighted by atomic mass is 10.2. The molecule has 3 N–H and O–H groups in total. The topological polar surface area (TPSA) is 128 Å². The van der Waals surface area contributed by atoms with Crippen LogP contribution in [0.5, 0.6) is 0 Å². The minimum Gasteiger partial charge on any atom is -0.383 e. The first-order valence-electron chi connectivity index (χ1n) is 11.3. The van der Waals surface area contributed by atoms with Crippen molar-refractivity contribution in [3.63, 3.8) is 0 Å². The van der Waals surface area contributed by atoms with Gasteiger partial charge in [0.2, 0.25) is 5.91 Å². The van der Waals surface area contributed by atoms with Crippen LogP contribution >= 0.6 is 11.6 Å². The molecule has 36 heavy (non-hydrogen) atoms. The molecule has 1 aliphatic heterocycles. The maximum Gasteiger partial charge on any atom is 0.246 e. The molecule has 10 nitrogen and oxygen atoms in total. The highest BCUT2D eigenvalue weighted by Crippen LogP contribution is 2.24. The number of ether oxygens (including phenoxy) is 1. The van der Waals surface area contributed by atoms with Crippen LogP contribution in [0, 0.1) is 18.8 Å². The van der Waals surface area contributed by atoms with Crippen LogP contribution in [0.2, 0.25) is 5.02 Å². The molecular formula is C25H27ClN8O2. The fraction of sp³-hybridized carbons (Fsp3) is 0.320.